The zero-order valence-corrected chi connectivity index (χ0v) is 17.7. The molecule has 160 valence electrons. The molecule has 29 heavy (non-hydrogen) atoms. The molecular weight excluding hydrogens is 398 g/mol. The number of hydrogen-bond donors (Lipinski definition) is 3. The fourth-order valence-corrected chi connectivity index (χ4v) is 3.32. The van der Waals surface area contributed by atoms with Crippen LogP contribution in [0.25, 0.3) is 0 Å². The summed E-state index contributed by atoms with van der Waals surface area (Å²) in [5.74, 6) is -2.15. The van der Waals surface area contributed by atoms with Gasteiger partial charge in [0.05, 0.1) is 14.2 Å². The van der Waals surface area contributed by atoms with Gasteiger partial charge in [-0.3, -0.25) is 0 Å². The number of aliphatic hydroxyl groups is 1. The summed E-state index contributed by atoms with van der Waals surface area (Å²) in [6.45, 7) is 3.56. The molecule has 1 heterocycles. The fourth-order valence-electron chi connectivity index (χ4n) is 2.47. The lowest BCUT2D eigenvalue weighted by atomic mass is 10.1. The second kappa shape index (κ2) is 12.1. The highest BCUT2D eigenvalue weighted by Gasteiger charge is 2.13. The van der Waals surface area contributed by atoms with E-state index in [1.54, 1.807) is 25.6 Å². The van der Waals surface area contributed by atoms with Crippen molar-refractivity contribution in [3.05, 3.63) is 45.6 Å². The number of hydrogen-bond acceptors (Lipinski definition) is 7. The monoisotopic (exact) mass is 425 g/mol. The summed E-state index contributed by atoms with van der Waals surface area (Å²) in [7, 11) is 5.32. The van der Waals surface area contributed by atoms with E-state index >= 15 is 0 Å². The lowest BCUT2D eigenvalue weighted by Gasteiger charge is -2.20. The van der Waals surface area contributed by atoms with Gasteiger partial charge in [0.1, 0.15) is 6.10 Å². The van der Waals surface area contributed by atoms with Gasteiger partial charge in [0.2, 0.25) is 0 Å². The van der Waals surface area contributed by atoms with Crippen molar-refractivity contribution in [2.75, 3.05) is 34.4 Å². The Balaban J connectivity index is 0.000000612. The smallest absolute Gasteiger partial charge is 0.414 e. The van der Waals surface area contributed by atoms with E-state index in [1.165, 1.54) is 10.4 Å². The van der Waals surface area contributed by atoms with Crippen molar-refractivity contribution in [3.63, 3.8) is 0 Å². The summed E-state index contributed by atoms with van der Waals surface area (Å²) in [6, 6.07) is 10.0. The first-order valence-electron chi connectivity index (χ1n) is 8.78. The number of benzene rings is 1. The maximum Gasteiger partial charge on any atom is 0.414 e. The summed E-state index contributed by atoms with van der Waals surface area (Å²) in [4.78, 5) is 22.6. The van der Waals surface area contributed by atoms with E-state index in [1.807, 2.05) is 37.4 Å². The van der Waals surface area contributed by atoms with Crippen LogP contribution in [-0.4, -0.2) is 66.5 Å². The Labute approximate surface area is 173 Å². The molecule has 0 saturated carbocycles. The number of thiophene rings is 1. The van der Waals surface area contributed by atoms with E-state index in [0.29, 0.717) is 6.54 Å². The van der Waals surface area contributed by atoms with Crippen molar-refractivity contribution in [2.45, 2.75) is 19.4 Å². The first-order valence-corrected chi connectivity index (χ1v) is 9.59. The van der Waals surface area contributed by atoms with Crippen molar-refractivity contribution in [2.24, 2.45) is 0 Å². The normalized spacial score (nSPS) is 11.4. The Bertz CT molecular complexity index is 794. The van der Waals surface area contributed by atoms with Gasteiger partial charge in [-0.2, -0.15) is 0 Å². The molecule has 0 amide bonds. The van der Waals surface area contributed by atoms with Gasteiger partial charge >= 0.3 is 11.9 Å². The molecule has 1 atom stereocenters. The predicted molar refractivity (Wildman–Crippen MR) is 110 cm³/mol. The van der Waals surface area contributed by atoms with Crippen LogP contribution in [0.2, 0.25) is 0 Å². The van der Waals surface area contributed by atoms with E-state index in [9.17, 15) is 5.11 Å². The summed E-state index contributed by atoms with van der Waals surface area (Å²) in [5.41, 5.74) is 1.19. The molecule has 2 aromatic rings. The van der Waals surface area contributed by atoms with Crippen molar-refractivity contribution in [3.8, 4) is 11.5 Å². The lowest BCUT2D eigenvalue weighted by molar-refractivity contribution is -0.159. The third kappa shape index (κ3) is 8.51. The van der Waals surface area contributed by atoms with Crippen LogP contribution in [0.4, 0.5) is 0 Å². The molecule has 0 spiro atoms. The second-order valence-electron chi connectivity index (χ2n) is 6.28. The van der Waals surface area contributed by atoms with Gasteiger partial charge in [-0.05, 0) is 50.2 Å². The number of aliphatic hydroxyl groups excluding tert-OH is 1. The molecule has 9 heteroatoms. The van der Waals surface area contributed by atoms with E-state index in [-0.39, 0.29) is 0 Å². The van der Waals surface area contributed by atoms with Gasteiger partial charge in [-0.15, -0.1) is 11.3 Å². The SMILES string of the molecule is COc1ccc(CCN(C)CC(O)c2ccc(C)s2)cc1OC.O=C(O)C(=O)O. The van der Waals surface area contributed by atoms with Gasteiger partial charge in [0.25, 0.3) is 0 Å². The maximum atomic E-state index is 10.3. The number of rotatable bonds is 8. The number of methoxy groups -OCH3 is 2. The fraction of sp³-hybridized carbons (Fsp3) is 0.400. The van der Waals surface area contributed by atoms with Crippen LogP contribution in [0.3, 0.4) is 0 Å². The van der Waals surface area contributed by atoms with Crippen LogP contribution >= 0.6 is 11.3 Å². The van der Waals surface area contributed by atoms with Gasteiger partial charge in [0, 0.05) is 22.8 Å². The summed E-state index contributed by atoms with van der Waals surface area (Å²) in [6.07, 6.45) is 0.469. The average Bonchev–Trinajstić information content (AvgIpc) is 3.13. The van der Waals surface area contributed by atoms with E-state index in [2.05, 4.69) is 11.8 Å². The van der Waals surface area contributed by atoms with Crippen LogP contribution < -0.4 is 9.47 Å². The second-order valence-corrected chi connectivity index (χ2v) is 7.60. The molecule has 8 nitrogen and oxygen atoms in total. The molecule has 1 aromatic carbocycles. The lowest BCUT2D eigenvalue weighted by Crippen LogP contribution is -2.26. The number of ether oxygens (including phenoxy) is 2. The van der Waals surface area contributed by atoms with Gasteiger partial charge in [-0.25, -0.2) is 9.59 Å². The maximum absolute atomic E-state index is 10.3. The quantitative estimate of drug-likeness (QED) is 0.552. The first-order chi connectivity index (χ1) is 13.7. The molecule has 0 aliphatic heterocycles. The Morgan fingerprint density at radius 3 is 2.17 bits per heavy atom. The third-order valence-corrected chi connectivity index (χ3v) is 5.09. The Kier molecular flexibility index (Phi) is 10.1. The Morgan fingerprint density at radius 1 is 1.07 bits per heavy atom. The van der Waals surface area contributed by atoms with Crippen LogP contribution in [0.5, 0.6) is 11.5 Å². The van der Waals surface area contributed by atoms with Gasteiger partial charge in [0.15, 0.2) is 11.5 Å². The van der Waals surface area contributed by atoms with Crippen molar-refractivity contribution >= 4 is 23.3 Å². The Hall–Kier alpha value is -2.62. The zero-order chi connectivity index (χ0) is 22.0. The molecule has 3 N–H and O–H groups in total. The summed E-state index contributed by atoms with van der Waals surface area (Å²) >= 11 is 1.65. The minimum atomic E-state index is -1.82. The number of carboxylic acids is 2. The highest BCUT2D eigenvalue weighted by atomic mass is 32.1. The van der Waals surface area contributed by atoms with Gasteiger partial charge in [-0.1, -0.05) is 6.07 Å². The Morgan fingerprint density at radius 2 is 1.69 bits per heavy atom. The molecule has 2 rings (SSSR count). The largest absolute Gasteiger partial charge is 0.493 e. The van der Waals surface area contributed by atoms with Crippen LogP contribution in [-0.2, 0) is 16.0 Å². The predicted octanol–water partition coefficient (Wildman–Crippen LogP) is 2.44. The van der Waals surface area contributed by atoms with E-state index < -0.39 is 18.0 Å². The van der Waals surface area contributed by atoms with Gasteiger partial charge < -0.3 is 29.7 Å². The van der Waals surface area contributed by atoms with Crippen molar-refractivity contribution < 1.29 is 34.4 Å². The van der Waals surface area contributed by atoms with Crippen molar-refractivity contribution in [1.29, 1.82) is 0 Å². The molecule has 0 radical (unpaired) electrons. The molecule has 0 fully saturated rings. The molecule has 0 bridgehead atoms. The first kappa shape index (κ1) is 24.4. The minimum absolute atomic E-state index is 0.427. The van der Waals surface area contributed by atoms with Crippen LogP contribution in [0.15, 0.2) is 30.3 Å². The zero-order valence-electron chi connectivity index (χ0n) is 16.9. The topological polar surface area (TPSA) is 117 Å². The third-order valence-electron chi connectivity index (χ3n) is 3.99. The highest BCUT2D eigenvalue weighted by Crippen LogP contribution is 2.28. The number of carboxylic acid groups (broad SMARTS) is 2. The molecule has 1 aromatic heterocycles. The molecule has 1 unspecified atom stereocenters. The summed E-state index contributed by atoms with van der Waals surface area (Å²) in [5, 5.41) is 25.1. The van der Waals surface area contributed by atoms with Crippen LogP contribution in [0, 0.1) is 6.92 Å². The highest BCUT2D eigenvalue weighted by molar-refractivity contribution is 7.12. The minimum Gasteiger partial charge on any atom is -0.493 e. The van der Waals surface area contributed by atoms with Crippen molar-refractivity contribution in [1.82, 2.24) is 4.90 Å². The molecular formula is C20H27NO7S. The number of likely N-dealkylation sites (N-methyl/N-ethyl adjacent to an activating group) is 1. The molecule has 0 saturated heterocycles. The average molecular weight is 426 g/mol. The number of aliphatic carboxylic acids is 2. The van der Waals surface area contributed by atoms with E-state index in [0.717, 1.165) is 29.3 Å². The number of aryl methyl sites for hydroxylation is 1. The standard InChI is InChI=1S/C18H25NO3S.C2H2O4/c1-13-5-8-18(23-13)15(20)12-19(2)10-9-14-6-7-16(21-3)17(11-14)22-4;3-1(4)2(5)6/h5-8,11,15,20H,9-10,12H2,1-4H3;(H,3,4)(H,5,6). The summed E-state index contributed by atoms with van der Waals surface area (Å²) < 4.78 is 10.6. The number of nitrogens with zero attached hydrogens (tertiary/aromatic N) is 1. The van der Waals surface area contributed by atoms with Crippen LogP contribution in [0.1, 0.15) is 21.4 Å². The van der Waals surface area contributed by atoms with E-state index in [4.69, 9.17) is 29.3 Å². The molecule has 0 aliphatic carbocycles. The molecule has 0 aliphatic rings. The number of carbonyl (C=O) groups is 2.